The van der Waals surface area contributed by atoms with E-state index in [2.05, 4.69) is 31.4 Å². The van der Waals surface area contributed by atoms with Crippen LogP contribution in [-0.2, 0) is 16.1 Å². The van der Waals surface area contributed by atoms with Crippen LogP contribution in [0.4, 0.5) is 11.5 Å². The molecule has 0 saturated heterocycles. The molecule has 1 heterocycles. The van der Waals surface area contributed by atoms with Gasteiger partial charge in [-0.05, 0) is 18.1 Å². The van der Waals surface area contributed by atoms with E-state index in [4.69, 9.17) is 15.7 Å². The molecule has 0 aliphatic carbocycles. The first kappa shape index (κ1) is 25.5. The van der Waals surface area contributed by atoms with E-state index in [0.717, 1.165) is 28.9 Å². The molecule has 0 aliphatic heterocycles. The van der Waals surface area contributed by atoms with Crippen molar-refractivity contribution in [2.45, 2.75) is 25.4 Å². The molecule has 6 N–H and O–H groups in total. The summed E-state index contributed by atoms with van der Waals surface area (Å²) >= 11 is 0. The largest absolute Gasteiger partial charge is 0.385 e. The second-order valence-electron chi connectivity index (χ2n) is 7.17. The summed E-state index contributed by atoms with van der Waals surface area (Å²) in [4.78, 5) is 15.7. The first-order chi connectivity index (χ1) is 16.2. The summed E-state index contributed by atoms with van der Waals surface area (Å²) in [5.74, 6) is 0.654. The SMILES string of the molecule is CNc1cc(C=N)c(NCCCOC)c(CN/C=C(/CC(NC=O)c2ccccc2)N=N)n1. The molecule has 2 rings (SSSR count). The summed E-state index contributed by atoms with van der Waals surface area (Å²) in [6.07, 6.45) is 4.78. The predicted molar refractivity (Wildman–Crippen MR) is 130 cm³/mol. The van der Waals surface area contributed by atoms with Gasteiger partial charge < -0.3 is 31.4 Å². The van der Waals surface area contributed by atoms with Crippen molar-refractivity contribution in [1.29, 1.82) is 10.9 Å². The minimum atomic E-state index is -0.292. The maximum Gasteiger partial charge on any atom is 0.207 e. The summed E-state index contributed by atoms with van der Waals surface area (Å²) < 4.78 is 5.10. The van der Waals surface area contributed by atoms with Crippen LogP contribution in [0.25, 0.3) is 0 Å². The van der Waals surface area contributed by atoms with E-state index in [-0.39, 0.29) is 6.04 Å². The number of methoxy groups -OCH3 is 1. The summed E-state index contributed by atoms with van der Waals surface area (Å²) in [5, 5.41) is 23.7. The molecule has 0 radical (unpaired) electrons. The number of anilines is 2. The number of amides is 1. The van der Waals surface area contributed by atoms with E-state index in [1.54, 1.807) is 20.4 Å². The fraction of sp³-hybridized carbons (Fsp3) is 0.348. The van der Waals surface area contributed by atoms with Crippen molar-refractivity contribution in [3.05, 3.63) is 65.1 Å². The van der Waals surface area contributed by atoms with E-state index >= 15 is 0 Å². The van der Waals surface area contributed by atoms with Crippen LogP contribution in [0, 0.1) is 10.9 Å². The zero-order valence-electron chi connectivity index (χ0n) is 19.0. The van der Waals surface area contributed by atoms with Gasteiger partial charge in [-0.15, -0.1) is 0 Å². The van der Waals surface area contributed by atoms with Gasteiger partial charge in [-0.3, -0.25) is 4.79 Å². The molecular formula is C23H32N8O2. The van der Waals surface area contributed by atoms with Crippen molar-refractivity contribution in [2.24, 2.45) is 5.11 Å². The number of aromatic nitrogens is 1. The maximum absolute atomic E-state index is 11.1. The standard InChI is InChI=1S/C23H32N8O2/c1-26-22-11-18(13-24)23(28-9-6-10-33-2)21(30-22)15-27-14-19(31-25)12-20(29-16-32)17-7-4-3-5-8-17/h3-5,7-8,11,13-14,16,20,24-25,27-28H,6,9-10,12,15H2,1-2H3,(H,26,30)(H,29,32)/b19-14-,24-13?,31-25?. The zero-order valence-corrected chi connectivity index (χ0v) is 19.0. The van der Waals surface area contributed by atoms with Gasteiger partial charge in [-0.2, -0.15) is 5.11 Å². The Morgan fingerprint density at radius 1 is 1.30 bits per heavy atom. The molecule has 0 aliphatic rings. The highest BCUT2D eigenvalue weighted by Crippen LogP contribution is 2.23. The number of ether oxygens (including phenoxy) is 1. The van der Waals surface area contributed by atoms with Crippen LogP contribution < -0.4 is 21.3 Å². The lowest BCUT2D eigenvalue weighted by Gasteiger charge is -2.17. The highest BCUT2D eigenvalue weighted by Gasteiger charge is 2.14. The van der Waals surface area contributed by atoms with Crippen LogP contribution in [0.2, 0.25) is 0 Å². The van der Waals surface area contributed by atoms with Crippen molar-refractivity contribution in [1.82, 2.24) is 15.6 Å². The fourth-order valence-electron chi connectivity index (χ4n) is 3.28. The predicted octanol–water partition coefficient (Wildman–Crippen LogP) is 3.41. The van der Waals surface area contributed by atoms with Crippen LogP contribution in [0.3, 0.4) is 0 Å². The molecule has 1 amide bonds. The second kappa shape index (κ2) is 14.3. The van der Waals surface area contributed by atoms with E-state index in [1.165, 1.54) is 6.21 Å². The summed E-state index contributed by atoms with van der Waals surface area (Å²) in [6.45, 7) is 1.68. The molecule has 1 aromatic heterocycles. The van der Waals surface area contributed by atoms with Gasteiger partial charge in [0.25, 0.3) is 0 Å². The third kappa shape index (κ3) is 8.00. The van der Waals surface area contributed by atoms with Crippen molar-refractivity contribution in [3.63, 3.8) is 0 Å². The second-order valence-corrected chi connectivity index (χ2v) is 7.17. The number of carbonyl (C=O) groups is 1. The van der Waals surface area contributed by atoms with Crippen molar-refractivity contribution in [2.75, 3.05) is 37.9 Å². The average Bonchev–Trinajstić information content (AvgIpc) is 2.86. The summed E-state index contributed by atoms with van der Waals surface area (Å²) in [5.41, 5.74) is 11.2. The number of nitrogens with one attached hydrogen (secondary N) is 6. The molecule has 0 fully saturated rings. The van der Waals surface area contributed by atoms with E-state index in [0.29, 0.717) is 44.0 Å². The molecule has 1 aromatic carbocycles. The van der Waals surface area contributed by atoms with Gasteiger partial charge in [0.1, 0.15) is 5.82 Å². The number of hydrogen-bond donors (Lipinski definition) is 6. The smallest absolute Gasteiger partial charge is 0.207 e. The van der Waals surface area contributed by atoms with Gasteiger partial charge >= 0.3 is 0 Å². The Hall–Kier alpha value is -3.79. The molecule has 10 nitrogen and oxygen atoms in total. The Kier molecular flexibility index (Phi) is 11.0. The fourth-order valence-corrected chi connectivity index (χ4v) is 3.28. The van der Waals surface area contributed by atoms with Gasteiger partial charge in [-0.25, -0.2) is 10.5 Å². The Labute approximate surface area is 194 Å². The Morgan fingerprint density at radius 3 is 2.73 bits per heavy atom. The number of nitrogens with zero attached hydrogens (tertiary/aromatic N) is 2. The highest BCUT2D eigenvalue weighted by molar-refractivity contribution is 5.88. The average molecular weight is 453 g/mol. The number of carbonyl (C=O) groups excluding carboxylic acids is 1. The molecular weight excluding hydrogens is 420 g/mol. The zero-order chi connectivity index (χ0) is 23.9. The van der Waals surface area contributed by atoms with Gasteiger partial charge in [0, 0.05) is 51.7 Å². The summed E-state index contributed by atoms with van der Waals surface area (Å²) in [6, 6.07) is 11.1. The summed E-state index contributed by atoms with van der Waals surface area (Å²) in [7, 11) is 3.44. The maximum atomic E-state index is 11.1. The van der Waals surface area contributed by atoms with Gasteiger partial charge in [0.05, 0.1) is 29.7 Å². The van der Waals surface area contributed by atoms with Gasteiger partial charge in [0.2, 0.25) is 6.41 Å². The van der Waals surface area contributed by atoms with Crippen LogP contribution in [0.1, 0.15) is 35.7 Å². The molecule has 1 unspecified atom stereocenters. The topological polar surface area (TPSA) is 147 Å². The minimum Gasteiger partial charge on any atom is -0.385 e. The van der Waals surface area contributed by atoms with Gasteiger partial charge in [-0.1, -0.05) is 30.3 Å². The molecule has 2 aromatic rings. The van der Waals surface area contributed by atoms with Gasteiger partial charge in [0.15, 0.2) is 0 Å². The van der Waals surface area contributed by atoms with Crippen molar-refractivity contribution in [3.8, 4) is 0 Å². The molecule has 0 spiro atoms. The number of hydrogen-bond acceptors (Lipinski definition) is 9. The Balaban J connectivity index is 2.16. The highest BCUT2D eigenvalue weighted by atomic mass is 16.5. The third-order valence-corrected chi connectivity index (χ3v) is 4.93. The first-order valence-corrected chi connectivity index (χ1v) is 10.7. The van der Waals surface area contributed by atoms with Crippen LogP contribution in [0.5, 0.6) is 0 Å². The molecule has 0 bridgehead atoms. The monoisotopic (exact) mass is 452 g/mol. The lowest BCUT2D eigenvalue weighted by molar-refractivity contribution is -0.110. The lowest BCUT2D eigenvalue weighted by Crippen LogP contribution is -2.20. The number of rotatable bonds is 16. The van der Waals surface area contributed by atoms with Crippen LogP contribution in [-0.4, -0.2) is 44.9 Å². The van der Waals surface area contributed by atoms with Crippen LogP contribution in [0.15, 0.2) is 53.4 Å². The van der Waals surface area contributed by atoms with E-state index < -0.39 is 0 Å². The molecule has 10 heteroatoms. The third-order valence-electron chi connectivity index (χ3n) is 4.93. The Morgan fingerprint density at radius 2 is 2.09 bits per heavy atom. The van der Waals surface area contributed by atoms with Crippen LogP contribution >= 0.6 is 0 Å². The molecule has 176 valence electrons. The quantitative estimate of drug-likeness (QED) is 0.0995. The minimum absolute atomic E-state index is 0.292. The molecule has 1 atom stereocenters. The number of pyridine rings is 1. The molecule has 0 saturated carbocycles. The molecule has 33 heavy (non-hydrogen) atoms. The van der Waals surface area contributed by atoms with E-state index in [1.807, 2.05) is 36.4 Å². The van der Waals surface area contributed by atoms with E-state index in [9.17, 15) is 4.79 Å². The Bertz CT molecular complexity index is 934. The van der Waals surface area contributed by atoms with Crippen molar-refractivity contribution >= 4 is 24.1 Å². The lowest BCUT2D eigenvalue weighted by atomic mass is 10.0. The normalized spacial score (nSPS) is 11.9. The first-order valence-electron chi connectivity index (χ1n) is 10.7. The number of benzene rings is 1. The van der Waals surface area contributed by atoms with Crippen molar-refractivity contribution < 1.29 is 9.53 Å².